The number of hydrogen-bond donors (Lipinski definition) is 1. The van der Waals surface area contributed by atoms with Gasteiger partial charge in [-0.05, 0) is 51.2 Å². The normalized spacial score (nSPS) is 19.0. The monoisotopic (exact) mass is 360 g/mol. The van der Waals surface area contributed by atoms with Crippen molar-refractivity contribution in [3.63, 3.8) is 0 Å². The lowest BCUT2D eigenvalue weighted by atomic mass is 9.59. The third-order valence-corrected chi connectivity index (χ3v) is 4.95. The number of anilines is 1. The lowest BCUT2D eigenvalue weighted by Crippen LogP contribution is -2.51. The van der Waals surface area contributed by atoms with Gasteiger partial charge in [-0.3, -0.25) is 15.1 Å². The number of Topliss-reactive ketones (excluding diaryl/α,β-unsaturated/α-hetero) is 1. The fraction of sp³-hybridized carbons (Fsp3) is 0.650. The van der Waals surface area contributed by atoms with Crippen molar-refractivity contribution in [1.82, 2.24) is 4.98 Å². The van der Waals surface area contributed by atoms with E-state index in [0.29, 0.717) is 17.0 Å². The number of aromatic nitrogens is 1. The Bertz CT molecular complexity index is 709. The molecular weight excluding hydrogens is 332 g/mol. The van der Waals surface area contributed by atoms with E-state index in [1.165, 1.54) is 0 Å². The van der Waals surface area contributed by atoms with Crippen LogP contribution in [0.3, 0.4) is 0 Å². The van der Waals surface area contributed by atoms with E-state index >= 15 is 0 Å². The Morgan fingerprint density at radius 3 is 2.46 bits per heavy atom. The molecule has 0 aromatic carbocycles. The number of nitrogens with zero attached hydrogens (tertiary/aromatic N) is 1. The zero-order valence-corrected chi connectivity index (χ0v) is 16.2. The molecule has 1 amide bonds. The Labute approximate surface area is 154 Å². The maximum Gasteiger partial charge on any atom is 0.412 e. The van der Waals surface area contributed by atoms with Gasteiger partial charge in [-0.15, -0.1) is 0 Å². The molecule has 6 nitrogen and oxygen atoms in total. The van der Waals surface area contributed by atoms with Crippen LogP contribution in [0.25, 0.3) is 0 Å². The zero-order valence-electron chi connectivity index (χ0n) is 16.2. The predicted octanol–water partition coefficient (Wildman–Crippen LogP) is 4.16. The van der Waals surface area contributed by atoms with Crippen LogP contribution >= 0.6 is 0 Å². The number of carbonyl (C=O) groups is 2. The molecule has 1 aromatic heterocycles. The fourth-order valence-corrected chi connectivity index (χ4v) is 3.53. The van der Waals surface area contributed by atoms with Crippen LogP contribution in [0.1, 0.15) is 69.4 Å². The Morgan fingerprint density at radius 1 is 1.31 bits per heavy atom. The van der Waals surface area contributed by atoms with Crippen molar-refractivity contribution in [2.45, 2.75) is 59.0 Å². The standard InChI is InChI=1S/C20H28N2O4/c1-12(2)17(23)16-15(22-18(24)26-19(3,4)5)6-13(9-21-16)14-7-20(8-14)10-25-11-20/h6,9,12,14H,7-8,10-11H2,1-5H3,(H,22,24). The van der Waals surface area contributed by atoms with Gasteiger partial charge in [-0.2, -0.15) is 0 Å². The summed E-state index contributed by atoms with van der Waals surface area (Å²) in [7, 11) is 0. The summed E-state index contributed by atoms with van der Waals surface area (Å²) in [6.45, 7) is 10.7. The van der Waals surface area contributed by atoms with E-state index in [1.807, 2.05) is 19.9 Å². The number of rotatable bonds is 4. The van der Waals surface area contributed by atoms with Gasteiger partial charge in [0.25, 0.3) is 0 Å². The average molecular weight is 360 g/mol. The fourth-order valence-electron chi connectivity index (χ4n) is 3.53. The summed E-state index contributed by atoms with van der Waals surface area (Å²) in [6, 6.07) is 1.88. The van der Waals surface area contributed by atoms with Gasteiger partial charge in [0.05, 0.1) is 18.9 Å². The van der Waals surface area contributed by atoms with Crippen LogP contribution in [0.4, 0.5) is 10.5 Å². The van der Waals surface area contributed by atoms with Crippen LogP contribution in [0.5, 0.6) is 0 Å². The number of amides is 1. The lowest BCUT2D eigenvalue weighted by molar-refractivity contribution is -0.164. The second-order valence-corrected chi connectivity index (χ2v) is 8.91. The number of pyridine rings is 1. The van der Waals surface area contributed by atoms with E-state index in [9.17, 15) is 9.59 Å². The molecule has 0 atom stereocenters. The highest BCUT2D eigenvalue weighted by molar-refractivity contribution is 6.03. The molecule has 3 rings (SSSR count). The van der Waals surface area contributed by atoms with Gasteiger partial charge >= 0.3 is 6.09 Å². The minimum Gasteiger partial charge on any atom is -0.444 e. The van der Waals surface area contributed by atoms with E-state index in [0.717, 1.165) is 31.6 Å². The first-order valence-corrected chi connectivity index (χ1v) is 9.20. The molecule has 1 saturated heterocycles. The summed E-state index contributed by atoms with van der Waals surface area (Å²) in [5.41, 5.74) is 1.50. The first-order chi connectivity index (χ1) is 12.1. The molecule has 1 saturated carbocycles. The number of carbonyl (C=O) groups excluding carboxylic acids is 2. The molecule has 2 fully saturated rings. The summed E-state index contributed by atoms with van der Waals surface area (Å²) in [5, 5.41) is 2.73. The number of hydrogen-bond acceptors (Lipinski definition) is 5. The van der Waals surface area contributed by atoms with Crippen LogP contribution in [0.15, 0.2) is 12.3 Å². The predicted molar refractivity (Wildman–Crippen MR) is 98.5 cm³/mol. The van der Waals surface area contributed by atoms with Crippen LogP contribution in [0, 0.1) is 11.3 Å². The van der Waals surface area contributed by atoms with Crippen molar-refractivity contribution >= 4 is 17.6 Å². The van der Waals surface area contributed by atoms with Gasteiger partial charge in [0.15, 0.2) is 5.78 Å². The summed E-state index contributed by atoms with van der Waals surface area (Å²) < 4.78 is 10.7. The Hall–Kier alpha value is -1.95. The summed E-state index contributed by atoms with van der Waals surface area (Å²) in [6.07, 6.45) is 3.33. The molecule has 1 aliphatic heterocycles. The summed E-state index contributed by atoms with van der Waals surface area (Å²) in [4.78, 5) is 29.1. The zero-order chi connectivity index (χ0) is 19.1. The lowest BCUT2D eigenvalue weighted by Gasteiger charge is -2.53. The Balaban J connectivity index is 1.81. The molecule has 1 spiro atoms. The Kier molecular flexibility index (Phi) is 4.82. The largest absolute Gasteiger partial charge is 0.444 e. The van der Waals surface area contributed by atoms with Crippen molar-refractivity contribution in [2.75, 3.05) is 18.5 Å². The highest BCUT2D eigenvalue weighted by atomic mass is 16.6. The maximum atomic E-state index is 12.5. The molecule has 1 N–H and O–H groups in total. The number of ketones is 1. The van der Waals surface area contributed by atoms with Crippen LogP contribution in [-0.2, 0) is 9.47 Å². The van der Waals surface area contributed by atoms with E-state index in [4.69, 9.17) is 9.47 Å². The minimum atomic E-state index is -0.609. The van der Waals surface area contributed by atoms with Gasteiger partial charge in [-0.1, -0.05) is 13.8 Å². The van der Waals surface area contributed by atoms with Crippen LogP contribution < -0.4 is 5.32 Å². The molecule has 1 aliphatic carbocycles. The van der Waals surface area contributed by atoms with E-state index in [2.05, 4.69) is 10.3 Å². The molecule has 6 heteroatoms. The third kappa shape index (κ3) is 3.90. The van der Waals surface area contributed by atoms with Gasteiger partial charge in [-0.25, -0.2) is 4.79 Å². The highest BCUT2D eigenvalue weighted by Gasteiger charge is 2.50. The SMILES string of the molecule is CC(C)C(=O)c1ncc(C2CC3(COC3)C2)cc1NC(=O)OC(C)(C)C. The number of nitrogens with one attached hydrogen (secondary N) is 1. The second-order valence-electron chi connectivity index (χ2n) is 8.91. The van der Waals surface area contributed by atoms with Gasteiger partial charge in [0, 0.05) is 17.5 Å². The number of ether oxygens (including phenoxy) is 2. The van der Waals surface area contributed by atoms with Gasteiger partial charge in [0.2, 0.25) is 0 Å². The van der Waals surface area contributed by atoms with Gasteiger partial charge in [0.1, 0.15) is 11.3 Å². The first kappa shape index (κ1) is 18.8. The minimum absolute atomic E-state index is 0.0971. The van der Waals surface area contributed by atoms with Crippen molar-refractivity contribution in [1.29, 1.82) is 0 Å². The highest BCUT2D eigenvalue weighted by Crippen LogP contribution is 2.55. The van der Waals surface area contributed by atoms with Crippen molar-refractivity contribution in [3.8, 4) is 0 Å². The summed E-state index contributed by atoms with van der Waals surface area (Å²) in [5.74, 6) is 0.0977. The molecule has 0 bridgehead atoms. The van der Waals surface area contributed by atoms with Crippen LogP contribution in [0.2, 0.25) is 0 Å². The molecule has 142 valence electrons. The molecule has 0 radical (unpaired) electrons. The molecular formula is C20H28N2O4. The quantitative estimate of drug-likeness (QED) is 0.816. The molecule has 26 heavy (non-hydrogen) atoms. The van der Waals surface area contributed by atoms with Crippen molar-refractivity contribution < 1.29 is 19.1 Å². The van der Waals surface area contributed by atoms with Crippen molar-refractivity contribution in [3.05, 3.63) is 23.5 Å². The molecule has 0 unspecified atom stereocenters. The maximum absolute atomic E-state index is 12.5. The smallest absolute Gasteiger partial charge is 0.412 e. The second kappa shape index (κ2) is 6.65. The topological polar surface area (TPSA) is 77.5 Å². The average Bonchev–Trinajstić information content (AvgIpc) is 2.41. The van der Waals surface area contributed by atoms with Crippen molar-refractivity contribution in [2.24, 2.45) is 11.3 Å². The molecule has 2 heterocycles. The third-order valence-electron chi connectivity index (χ3n) is 4.95. The molecule has 1 aromatic rings. The first-order valence-electron chi connectivity index (χ1n) is 9.20. The van der Waals surface area contributed by atoms with Crippen LogP contribution in [-0.4, -0.2) is 35.7 Å². The van der Waals surface area contributed by atoms with E-state index in [1.54, 1.807) is 27.0 Å². The van der Waals surface area contributed by atoms with E-state index < -0.39 is 11.7 Å². The molecule has 2 aliphatic rings. The summed E-state index contributed by atoms with van der Waals surface area (Å²) >= 11 is 0. The van der Waals surface area contributed by atoms with E-state index in [-0.39, 0.29) is 17.4 Å². The van der Waals surface area contributed by atoms with Gasteiger partial charge < -0.3 is 9.47 Å². The Morgan fingerprint density at radius 2 is 1.96 bits per heavy atom.